The lowest BCUT2D eigenvalue weighted by molar-refractivity contribution is -0.137. The fourth-order valence-electron chi connectivity index (χ4n) is 3.58. The van der Waals surface area contributed by atoms with Gasteiger partial charge in [0, 0.05) is 32.2 Å². The molecule has 138 valence electrons. The summed E-state index contributed by atoms with van der Waals surface area (Å²) in [5.74, 6) is -0.545. The van der Waals surface area contributed by atoms with E-state index >= 15 is 0 Å². The van der Waals surface area contributed by atoms with Crippen LogP contribution in [0.15, 0.2) is 30.0 Å². The number of carbonyl (C=O) groups is 3. The van der Waals surface area contributed by atoms with Crippen molar-refractivity contribution in [1.29, 1.82) is 0 Å². The Morgan fingerprint density at radius 1 is 1.04 bits per heavy atom. The number of rotatable bonds is 5. The predicted octanol–water partition coefficient (Wildman–Crippen LogP) is 2.62. The van der Waals surface area contributed by atoms with Gasteiger partial charge in [0.1, 0.15) is 5.70 Å². The standard InChI is InChI=1S/C20H25N3O3/c1-3-11-23-19(25)17(15-7-9-16(10-8-15)21-14(2)24)18(20(23)26)22-12-5-4-6-13-22/h7-10H,3-6,11-13H2,1-2H3,(H,21,24). The van der Waals surface area contributed by atoms with Crippen LogP contribution in [0.5, 0.6) is 0 Å². The molecule has 3 amide bonds. The average Bonchev–Trinajstić information content (AvgIpc) is 2.88. The number of piperidine rings is 1. The molecule has 6 nitrogen and oxygen atoms in total. The van der Waals surface area contributed by atoms with Crippen molar-refractivity contribution >= 4 is 29.0 Å². The lowest BCUT2D eigenvalue weighted by Gasteiger charge is -2.29. The van der Waals surface area contributed by atoms with Gasteiger partial charge in [-0.25, -0.2) is 0 Å². The van der Waals surface area contributed by atoms with E-state index in [-0.39, 0.29) is 17.7 Å². The molecule has 1 aromatic rings. The van der Waals surface area contributed by atoms with Gasteiger partial charge < -0.3 is 10.2 Å². The number of nitrogens with zero attached hydrogens (tertiary/aromatic N) is 2. The zero-order valence-corrected chi connectivity index (χ0v) is 15.4. The third kappa shape index (κ3) is 3.49. The molecule has 1 saturated heterocycles. The number of amides is 3. The van der Waals surface area contributed by atoms with Crippen LogP contribution in [-0.2, 0) is 14.4 Å². The van der Waals surface area contributed by atoms with Crippen molar-refractivity contribution in [1.82, 2.24) is 9.80 Å². The smallest absolute Gasteiger partial charge is 0.277 e. The van der Waals surface area contributed by atoms with Crippen LogP contribution in [0.3, 0.4) is 0 Å². The molecule has 0 saturated carbocycles. The SMILES string of the molecule is CCCN1C(=O)C(c2ccc(NC(C)=O)cc2)=C(N2CCCCC2)C1=O. The molecule has 0 atom stereocenters. The summed E-state index contributed by atoms with van der Waals surface area (Å²) in [6, 6.07) is 7.12. The topological polar surface area (TPSA) is 69.7 Å². The van der Waals surface area contributed by atoms with Crippen molar-refractivity contribution in [2.45, 2.75) is 39.5 Å². The fourth-order valence-corrected chi connectivity index (χ4v) is 3.58. The Morgan fingerprint density at radius 3 is 2.27 bits per heavy atom. The predicted molar refractivity (Wildman–Crippen MR) is 100 cm³/mol. The molecule has 2 heterocycles. The van der Waals surface area contributed by atoms with Gasteiger partial charge in [-0.1, -0.05) is 19.1 Å². The molecule has 0 aromatic heterocycles. The molecular formula is C20H25N3O3. The monoisotopic (exact) mass is 355 g/mol. The van der Waals surface area contributed by atoms with E-state index in [9.17, 15) is 14.4 Å². The molecule has 0 bridgehead atoms. The third-order valence-electron chi connectivity index (χ3n) is 4.76. The lowest BCUT2D eigenvalue weighted by Crippen LogP contribution is -2.37. The maximum Gasteiger partial charge on any atom is 0.277 e. The molecule has 0 aliphatic carbocycles. The Kier molecular flexibility index (Phi) is 5.40. The van der Waals surface area contributed by atoms with Crippen molar-refractivity contribution < 1.29 is 14.4 Å². The highest BCUT2D eigenvalue weighted by molar-refractivity contribution is 6.35. The van der Waals surface area contributed by atoms with E-state index in [1.807, 2.05) is 6.92 Å². The third-order valence-corrected chi connectivity index (χ3v) is 4.76. The van der Waals surface area contributed by atoms with Crippen molar-refractivity contribution in [3.05, 3.63) is 35.5 Å². The molecule has 2 aliphatic rings. The first-order chi connectivity index (χ1) is 12.5. The Hall–Kier alpha value is -2.63. The van der Waals surface area contributed by atoms with Gasteiger partial charge in [-0.15, -0.1) is 0 Å². The molecule has 6 heteroatoms. The van der Waals surface area contributed by atoms with Crippen LogP contribution in [0, 0.1) is 0 Å². The van der Waals surface area contributed by atoms with Gasteiger partial charge >= 0.3 is 0 Å². The van der Waals surface area contributed by atoms with Gasteiger partial charge in [-0.3, -0.25) is 19.3 Å². The Labute approximate surface area is 153 Å². The zero-order valence-electron chi connectivity index (χ0n) is 15.4. The first kappa shape index (κ1) is 18.2. The van der Waals surface area contributed by atoms with Gasteiger partial charge in [0.05, 0.1) is 5.57 Å². The van der Waals surface area contributed by atoms with Crippen molar-refractivity contribution in [3.63, 3.8) is 0 Å². The largest absolute Gasteiger partial charge is 0.366 e. The summed E-state index contributed by atoms with van der Waals surface area (Å²) in [5, 5.41) is 2.72. The summed E-state index contributed by atoms with van der Waals surface area (Å²) in [5.41, 5.74) is 2.41. The molecular weight excluding hydrogens is 330 g/mol. The van der Waals surface area contributed by atoms with E-state index in [0.717, 1.165) is 44.3 Å². The number of likely N-dealkylation sites (tertiary alicyclic amines) is 1. The van der Waals surface area contributed by atoms with E-state index in [1.54, 1.807) is 24.3 Å². The average molecular weight is 355 g/mol. The number of imide groups is 1. The summed E-state index contributed by atoms with van der Waals surface area (Å²) in [7, 11) is 0. The van der Waals surface area contributed by atoms with Gasteiger partial charge in [0.25, 0.3) is 11.8 Å². The maximum absolute atomic E-state index is 13.0. The van der Waals surface area contributed by atoms with Gasteiger partial charge in [0.15, 0.2) is 0 Å². The highest BCUT2D eigenvalue weighted by Gasteiger charge is 2.41. The molecule has 0 spiro atoms. The fraction of sp³-hybridized carbons (Fsp3) is 0.450. The van der Waals surface area contributed by atoms with Crippen LogP contribution in [0.25, 0.3) is 5.57 Å². The molecule has 0 radical (unpaired) electrons. The Bertz CT molecular complexity index is 746. The molecule has 26 heavy (non-hydrogen) atoms. The summed E-state index contributed by atoms with van der Waals surface area (Å²) >= 11 is 0. The normalized spacial score (nSPS) is 17.9. The summed E-state index contributed by atoms with van der Waals surface area (Å²) in [6.07, 6.45) is 3.96. The number of carbonyl (C=O) groups excluding carboxylic acids is 3. The molecule has 0 unspecified atom stereocenters. The summed E-state index contributed by atoms with van der Waals surface area (Å²) in [6.45, 7) is 5.46. The molecule has 1 N–H and O–H groups in total. The van der Waals surface area contributed by atoms with E-state index in [0.29, 0.717) is 23.5 Å². The Morgan fingerprint density at radius 2 is 1.69 bits per heavy atom. The van der Waals surface area contributed by atoms with Crippen molar-refractivity contribution in [2.75, 3.05) is 25.0 Å². The van der Waals surface area contributed by atoms with Gasteiger partial charge in [0.2, 0.25) is 5.91 Å². The first-order valence-electron chi connectivity index (χ1n) is 9.26. The van der Waals surface area contributed by atoms with Crippen LogP contribution < -0.4 is 5.32 Å². The van der Waals surface area contributed by atoms with Gasteiger partial charge in [-0.2, -0.15) is 0 Å². The zero-order chi connectivity index (χ0) is 18.7. The Balaban J connectivity index is 2.00. The van der Waals surface area contributed by atoms with Crippen LogP contribution in [0.2, 0.25) is 0 Å². The minimum atomic E-state index is -0.218. The maximum atomic E-state index is 13.0. The molecule has 1 aromatic carbocycles. The quantitative estimate of drug-likeness (QED) is 0.825. The number of anilines is 1. The highest BCUT2D eigenvalue weighted by atomic mass is 16.2. The van der Waals surface area contributed by atoms with E-state index in [2.05, 4.69) is 10.2 Å². The minimum Gasteiger partial charge on any atom is -0.366 e. The van der Waals surface area contributed by atoms with Crippen molar-refractivity contribution in [3.8, 4) is 0 Å². The van der Waals surface area contributed by atoms with Crippen molar-refractivity contribution in [2.24, 2.45) is 0 Å². The summed E-state index contributed by atoms with van der Waals surface area (Å²) < 4.78 is 0. The molecule has 2 aliphatic heterocycles. The number of nitrogens with one attached hydrogen (secondary N) is 1. The van der Waals surface area contributed by atoms with E-state index < -0.39 is 0 Å². The minimum absolute atomic E-state index is 0.146. The lowest BCUT2D eigenvalue weighted by atomic mass is 10.0. The van der Waals surface area contributed by atoms with Crippen LogP contribution in [0.1, 0.15) is 45.1 Å². The first-order valence-corrected chi connectivity index (χ1v) is 9.26. The summed E-state index contributed by atoms with van der Waals surface area (Å²) in [4.78, 5) is 40.5. The van der Waals surface area contributed by atoms with Gasteiger partial charge in [-0.05, 0) is 43.4 Å². The van der Waals surface area contributed by atoms with Crippen LogP contribution in [0.4, 0.5) is 5.69 Å². The number of hydrogen-bond acceptors (Lipinski definition) is 4. The van der Waals surface area contributed by atoms with Crippen LogP contribution in [-0.4, -0.2) is 47.2 Å². The second-order valence-corrected chi connectivity index (χ2v) is 6.79. The van der Waals surface area contributed by atoms with Crippen LogP contribution >= 0.6 is 0 Å². The number of benzene rings is 1. The van der Waals surface area contributed by atoms with E-state index in [4.69, 9.17) is 0 Å². The molecule has 1 fully saturated rings. The second-order valence-electron chi connectivity index (χ2n) is 6.79. The molecule has 3 rings (SSSR count). The number of hydrogen-bond donors (Lipinski definition) is 1. The second kappa shape index (κ2) is 7.72. The van der Waals surface area contributed by atoms with E-state index in [1.165, 1.54) is 11.8 Å². The highest BCUT2D eigenvalue weighted by Crippen LogP contribution is 2.33.